The van der Waals surface area contributed by atoms with Crippen LogP contribution >= 0.6 is 12.2 Å². The predicted molar refractivity (Wildman–Crippen MR) is 76.6 cm³/mol. The molecule has 0 radical (unpaired) electrons. The van der Waals surface area contributed by atoms with Crippen LogP contribution in [0.4, 0.5) is 10.6 Å². The first-order chi connectivity index (χ1) is 9.58. The maximum Gasteiger partial charge on any atom is 0.413 e. The zero-order valence-electron chi connectivity index (χ0n) is 11.1. The predicted octanol–water partition coefficient (Wildman–Crippen LogP) is 1.70. The number of nitrogens with zero attached hydrogens (tertiary/aromatic N) is 1. The molecular weight excluding hydrogens is 282 g/mol. The zero-order valence-corrected chi connectivity index (χ0v) is 12.0. The van der Waals surface area contributed by atoms with Gasteiger partial charge in [0.1, 0.15) is 11.4 Å². The van der Waals surface area contributed by atoms with E-state index in [-0.39, 0.29) is 29.7 Å². The summed E-state index contributed by atoms with van der Waals surface area (Å²) in [4.78, 5) is 26.9. The minimum Gasteiger partial charge on any atom is -0.462 e. The van der Waals surface area contributed by atoms with Crippen LogP contribution in [0.5, 0.6) is 0 Å². The topological polar surface area (TPSA) is 89.5 Å². The van der Waals surface area contributed by atoms with Crippen molar-refractivity contribution in [2.75, 3.05) is 18.5 Å². The number of carbonyl (C=O) groups excluding carboxylic acids is 2. The second kappa shape index (κ2) is 8.05. The summed E-state index contributed by atoms with van der Waals surface area (Å²) in [7, 11) is 0. The fourth-order valence-corrected chi connectivity index (χ4v) is 1.46. The summed E-state index contributed by atoms with van der Waals surface area (Å²) in [6, 6.07) is 3.14. The molecule has 0 fully saturated rings. The van der Waals surface area contributed by atoms with Crippen molar-refractivity contribution in [3.8, 4) is 0 Å². The lowest BCUT2D eigenvalue weighted by atomic mass is 10.2. The minimum atomic E-state index is -0.682. The fourth-order valence-electron chi connectivity index (χ4n) is 1.28. The van der Waals surface area contributed by atoms with Crippen LogP contribution in [-0.4, -0.2) is 35.4 Å². The van der Waals surface area contributed by atoms with Crippen LogP contribution in [0.1, 0.15) is 24.2 Å². The number of anilines is 1. The Hall–Kier alpha value is -2.22. The van der Waals surface area contributed by atoms with E-state index in [4.69, 9.17) is 17.0 Å². The van der Waals surface area contributed by atoms with E-state index in [0.717, 1.165) is 0 Å². The number of nitrogens with one attached hydrogen (secondary N) is 2. The number of pyridine rings is 1. The molecule has 1 aromatic rings. The Bertz CT molecular complexity index is 507. The lowest BCUT2D eigenvalue weighted by Crippen LogP contribution is -2.35. The summed E-state index contributed by atoms with van der Waals surface area (Å²) >= 11 is 4.92. The molecule has 108 valence electrons. The second-order valence-electron chi connectivity index (χ2n) is 3.42. The third-order valence-electron chi connectivity index (χ3n) is 2.03. The largest absolute Gasteiger partial charge is 0.462 e. The summed E-state index contributed by atoms with van der Waals surface area (Å²) in [5.41, 5.74) is 0.224. The Kier molecular flexibility index (Phi) is 6.38. The van der Waals surface area contributed by atoms with Gasteiger partial charge in [-0.05, 0) is 38.2 Å². The average molecular weight is 297 g/mol. The summed E-state index contributed by atoms with van der Waals surface area (Å²) in [6.07, 6.45) is 0.802. The van der Waals surface area contributed by atoms with Gasteiger partial charge in [0.05, 0.1) is 13.2 Å². The molecule has 0 saturated carbocycles. The number of esters is 1. The molecule has 1 heterocycles. The summed E-state index contributed by atoms with van der Waals surface area (Å²) in [5.74, 6) is -0.324. The molecule has 7 nitrogen and oxygen atoms in total. The molecule has 0 aliphatic heterocycles. The highest BCUT2D eigenvalue weighted by Crippen LogP contribution is 2.12. The highest BCUT2D eigenvalue weighted by molar-refractivity contribution is 7.80. The summed E-state index contributed by atoms with van der Waals surface area (Å²) in [5, 5.41) is 4.92. The molecule has 1 rings (SSSR count). The first kappa shape index (κ1) is 15.8. The van der Waals surface area contributed by atoms with Crippen LogP contribution in [0.2, 0.25) is 0 Å². The molecule has 0 atom stereocenters. The lowest BCUT2D eigenvalue weighted by molar-refractivity contribution is 0.0527. The number of rotatable bonds is 4. The van der Waals surface area contributed by atoms with Gasteiger partial charge < -0.3 is 14.8 Å². The van der Waals surface area contributed by atoms with Gasteiger partial charge in [-0.3, -0.25) is 5.32 Å². The van der Waals surface area contributed by atoms with Crippen LogP contribution in [0.25, 0.3) is 0 Å². The third kappa shape index (κ3) is 4.81. The van der Waals surface area contributed by atoms with E-state index in [0.29, 0.717) is 0 Å². The van der Waals surface area contributed by atoms with Gasteiger partial charge in [-0.1, -0.05) is 0 Å². The van der Waals surface area contributed by atoms with Crippen molar-refractivity contribution < 1.29 is 19.1 Å². The molecule has 2 N–H and O–H groups in total. The average Bonchev–Trinajstić information content (AvgIpc) is 2.39. The standard InChI is InChI=1S/C12H15N3O4S/c1-3-18-10(16)8-6-5-7-13-9(8)14-11(20)15-12(17)19-4-2/h5-7H,3-4H2,1-2H3,(H2,13,14,15,17,20). The number of hydrogen-bond acceptors (Lipinski definition) is 6. The zero-order chi connectivity index (χ0) is 15.0. The van der Waals surface area contributed by atoms with Gasteiger partial charge in [0.15, 0.2) is 5.11 Å². The Morgan fingerprint density at radius 2 is 2.00 bits per heavy atom. The highest BCUT2D eigenvalue weighted by atomic mass is 32.1. The Morgan fingerprint density at radius 1 is 1.30 bits per heavy atom. The van der Waals surface area contributed by atoms with Crippen molar-refractivity contribution in [2.45, 2.75) is 13.8 Å². The fraction of sp³-hybridized carbons (Fsp3) is 0.333. The number of thiocarbonyl (C=S) groups is 1. The van der Waals surface area contributed by atoms with E-state index in [2.05, 4.69) is 20.4 Å². The maximum absolute atomic E-state index is 11.7. The third-order valence-corrected chi connectivity index (χ3v) is 2.23. The van der Waals surface area contributed by atoms with Gasteiger partial charge in [-0.15, -0.1) is 0 Å². The molecule has 0 saturated heterocycles. The van der Waals surface area contributed by atoms with E-state index in [1.54, 1.807) is 26.0 Å². The van der Waals surface area contributed by atoms with Crippen molar-refractivity contribution in [3.05, 3.63) is 23.9 Å². The maximum atomic E-state index is 11.7. The first-order valence-corrected chi connectivity index (χ1v) is 6.36. The first-order valence-electron chi connectivity index (χ1n) is 5.95. The molecule has 0 aliphatic carbocycles. The van der Waals surface area contributed by atoms with Crippen molar-refractivity contribution in [2.24, 2.45) is 0 Å². The van der Waals surface area contributed by atoms with Crippen molar-refractivity contribution in [1.82, 2.24) is 10.3 Å². The van der Waals surface area contributed by atoms with Crippen LogP contribution in [0.15, 0.2) is 18.3 Å². The molecule has 0 unspecified atom stereocenters. The lowest BCUT2D eigenvalue weighted by Gasteiger charge is -2.11. The molecule has 20 heavy (non-hydrogen) atoms. The summed E-state index contributed by atoms with van der Waals surface area (Å²) < 4.78 is 9.57. The molecule has 0 bridgehead atoms. The van der Waals surface area contributed by atoms with E-state index in [1.807, 2.05) is 0 Å². The van der Waals surface area contributed by atoms with E-state index < -0.39 is 12.1 Å². The quantitative estimate of drug-likeness (QED) is 0.645. The SMILES string of the molecule is CCOC(=O)NC(=S)Nc1ncccc1C(=O)OCC. The number of hydrogen-bond donors (Lipinski definition) is 2. The number of carbonyl (C=O) groups is 2. The number of alkyl carbamates (subject to hydrolysis) is 1. The summed E-state index contributed by atoms with van der Waals surface area (Å²) in [6.45, 7) is 3.85. The van der Waals surface area contributed by atoms with Crippen molar-refractivity contribution in [1.29, 1.82) is 0 Å². The van der Waals surface area contributed by atoms with Crippen LogP contribution in [-0.2, 0) is 9.47 Å². The molecule has 0 aromatic carbocycles. The van der Waals surface area contributed by atoms with Crippen LogP contribution < -0.4 is 10.6 Å². The van der Waals surface area contributed by atoms with E-state index >= 15 is 0 Å². The normalized spacial score (nSPS) is 9.50. The Morgan fingerprint density at radius 3 is 2.65 bits per heavy atom. The second-order valence-corrected chi connectivity index (χ2v) is 3.83. The molecule has 8 heteroatoms. The monoisotopic (exact) mass is 297 g/mol. The van der Waals surface area contributed by atoms with E-state index in [9.17, 15) is 9.59 Å². The van der Waals surface area contributed by atoms with Gasteiger partial charge in [-0.25, -0.2) is 14.6 Å². The van der Waals surface area contributed by atoms with Crippen molar-refractivity contribution in [3.63, 3.8) is 0 Å². The van der Waals surface area contributed by atoms with Gasteiger partial charge in [0.2, 0.25) is 0 Å². The van der Waals surface area contributed by atoms with Crippen LogP contribution in [0.3, 0.4) is 0 Å². The smallest absolute Gasteiger partial charge is 0.413 e. The van der Waals surface area contributed by atoms with Gasteiger partial charge in [-0.2, -0.15) is 0 Å². The van der Waals surface area contributed by atoms with Gasteiger partial charge in [0.25, 0.3) is 0 Å². The number of ether oxygens (including phenoxy) is 2. The molecule has 0 aliphatic rings. The van der Waals surface area contributed by atoms with E-state index in [1.165, 1.54) is 6.20 Å². The molecule has 0 spiro atoms. The molecule has 1 amide bonds. The number of aromatic nitrogens is 1. The molecule has 1 aromatic heterocycles. The Balaban J connectivity index is 2.74. The van der Waals surface area contributed by atoms with Gasteiger partial charge >= 0.3 is 12.1 Å². The van der Waals surface area contributed by atoms with Crippen LogP contribution in [0, 0.1) is 0 Å². The highest BCUT2D eigenvalue weighted by Gasteiger charge is 2.15. The minimum absolute atomic E-state index is 0.0206. The Labute approximate surface area is 121 Å². The molecular formula is C12H15N3O4S. The van der Waals surface area contributed by atoms with Gasteiger partial charge in [0, 0.05) is 6.20 Å². The number of amides is 1. The van der Waals surface area contributed by atoms with Crippen molar-refractivity contribution >= 4 is 35.2 Å².